The van der Waals surface area contributed by atoms with E-state index in [1.165, 1.54) is 12.1 Å². The topological polar surface area (TPSA) is 104 Å². The molecule has 7 heteroatoms. The molecule has 1 amide bonds. The maximum absolute atomic E-state index is 11.9. The third kappa shape index (κ3) is 3.91. The predicted octanol–water partition coefficient (Wildman–Crippen LogP) is 1.67. The molecule has 0 aromatic heterocycles. The summed E-state index contributed by atoms with van der Waals surface area (Å²) in [6.45, 7) is 1.76. The molecular weight excluding hydrogens is 274 g/mol. The molecule has 1 aromatic carbocycles. The van der Waals surface area contributed by atoms with Gasteiger partial charge in [0.25, 0.3) is 11.6 Å². The van der Waals surface area contributed by atoms with E-state index in [2.05, 4.69) is 10.6 Å². The Labute approximate surface area is 122 Å². The molecule has 1 atom stereocenters. The normalized spacial score (nSPS) is 15.3. The van der Waals surface area contributed by atoms with Crippen molar-refractivity contribution in [2.24, 2.45) is 0 Å². The lowest BCUT2D eigenvalue weighted by molar-refractivity contribution is -0.384. The zero-order valence-electron chi connectivity index (χ0n) is 11.8. The van der Waals surface area contributed by atoms with E-state index in [0.29, 0.717) is 12.1 Å². The smallest absolute Gasteiger partial charge is 0.293 e. The first-order valence-electron chi connectivity index (χ1n) is 7.01. The van der Waals surface area contributed by atoms with Gasteiger partial charge in [0.1, 0.15) is 5.69 Å². The average Bonchev–Trinajstić information content (AvgIpc) is 3.28. The summed E-state index contributed by atoms with van der Waals surface area (Å²) < 4.78 is 0. The number of aliphatic hydroxyl groups excluding tert-OH is 1. The molecule has 7 nitrogen and oxygen atoms in total. The molecule has 1 fully saturated rings. The summed E-state index contributed by atoms with van der Waals surface area (Å²) >= 11 is 0. The quantitative estimate of drug-likeness (QED) is 0.524. The van der Waals surface area contributed by atoms with Gasteiger partial charge < -0.3 is 15.7 Å². The lowest BCUT2D eigenvalue weighted by Crippen LogP contribution is -2.26. The molecule has 1 aliphatic rings. The standard InChI is InChI=1S/C14H19N3O4/c1-2-10(8-18)15-12-6-3-9(7-13(12)17(20)21)14(19)16-11-4-5-11/h3,6-7,10-11,15,18H,2,4-5,8H2,1H3,(H,16,19). The van der Waals surface area contributed by atoms with Crippen molar-refractivity contribution in [1.29, 1.82) is 0 Å². The van der Waals surface area contributed by atoms with E-state index in [1.54, 1.807) is 6.07 Å². The Kier molecular flexibility index (Phi) is 4.74. The highest BCUT2D eigenvalue weighted by molar-refractivity contribution is 5.96. The van der Waals surface area contributed by atoms with Gasteiger partial charge in [-0.15, -0.1) is 0 Å². The molecule has 114 valence electrons. The van der Waals surface area contributed by atoms with Gasteiger partial charge in [0.15, 0.2) is 0 Å². The number of nitrogens with zero attached hydrogens (tertiary/aromatic N) is 1. The fourth-order valence-corrected chi connectivity index (χ4v) is 1.94. The number of hydrogen-bond donors (Lipinski definition) is 3. The van der Waals surface area contributed by atoms with E-state index in [-0.39, 0.29) is 35.8 Å². The van der Waals surface area contributed by atoms with Gasteiger partial charge in [0, 0.05) is 23.7 Å². The molecule has 21 heavy (non-hydrogen) atoms. The lowest BCUT2D eigenvalue weighted by atomic mass is 10.1. The van der Waals surface area contributed by atoms with E-state index in [4.69, 9.17) is 5.11 Å². The first-order valence-corrected chi connectivity index (χ1v) is 7.01. The van der Waals surface area contributed by atoms with Crippen LogP contribution in [0.5, 0.6) is 0 Å². The summed E-state index contributed by atoms with van der Waals surface area (Å²) in [5.74, 6) is -0.290. The number of rotatable bonds is 7. The third-order valence-electron chi connectivity index (χ3n) is 3.44. The lowest BCUT2D eigenvalue weighted by Gasteiger charge is -2.15. The molecule has 0 bridgehead atoms. The molecule has 1 unspecified atom stereocenters. The summed E-state index contributed by atoms with van der Waals surface area (Å²) in [7, 11) is 0. The Bertz CT molecular complexity index is 539. The number of nitro groups is 1. The van der Waals surface area contributed by atoms with E-state index >= 15 is 0 Å². The Balaban J connectivity index is 2.21. The molecule has 0 saturated heterocycles. The number of hydrogen-bond acceptors (Lipinski definition) is 5. The van der Waals surface area contributed by atoms with Crippen LogP contribution in [0.25, 0.3) is 0 Å². The number of anilines is 1. The molecule has 0 radical (unpaired) electrons. The fraction of sp³-hybridized carbons (Fsp3) is 0.500. The van der Waals surface area contributed by atoms with Crippen LogP contribution in [-0.2, 0) is 0 Å². The van der Waals surface area contributed by atoms with Gasteiger partial charge in [-0.2, -0.15) is 0 Å². The summed E-state index contributed by atoms with van der Waals surface area (Å²) in [6.07, 6.45) is 2.56. The van der Waals surface area contributed by atoms with Gasteiger partial charge in [-0.3, -0.25) is 14.9 Å². The molecule has 0 aliphatic heterocycles. The zero-order valence-corrected chi connectivity index (χ0v) is 11.8. The minimum Gasteiger partial charge on any atom is -0.394 e. The Morgan fingerprint density at radius 3 is 2.76 bits per heavy atom. The number of aliphatic hydroxyl groups is 1. The molecule has 2 rings (SSSR count). The molecule has 1 saturated carbocycles. The molecule has 0 spiro atoms. The van der Waals surface area contributed by atoms with Gasteiger partial charge in [-0.1, -0.05) is 6.92 Å². The molecule has 3 N–H and O–H groups in total. The van der Waals surface area contributed by atoms with Crippen LogP contribution in [0.1, 0.15) is 36.5 Å². The van der Waals surface area contributed by atoms with Gasteiger partial charge in [-0.05, 0) is 31.4 Å². The van der Waals surface area contributed by atoms with Crippen molar-refractivity contribution in [3.8, 4) is 0 Å². The van der Waals surface area contributed by atoms with Crippen LogP contribution in [0, 0.1) is 10.1 Å². The molecular formula is C14H19N3O4. The average molecular weight is 293 g/mol. The summed E-state index contributed by atoms with van der Waals surface area (Å²) in [6, 6.07) is 4.28. The highest BCUT2D eigenvalue weighted by Gasteiger charge is 2.25. The van der Waals surface area contributed by atoms with Crippen molar-refractivity contribution in [3.05, 3.63) is 33.9 Å². The third-order valence-corrected chi connectivity index (χ3v) is 3.44. The highest BCUT2D eigenvalue weighted by atomic mass is 16.6. The summed E-state index contributed by atoms with van der Waals surface area (Å²) in [5.41, 5.74) is 0.422. The van der Waals surface area contributed by atoms with E-state index in [0.717, 1.165) is 12.8 Å². The molecule has 1 aromatic rings. The molecule has 1 aliphatic carbocycles. The fourth-order valence-electron chi connectivity index (χ4n) is 1.94. The van der Waals surface area contributed by atoms with E-state index < -0.39 is 4.92 Å². The van der Waals surface area contributed by atoms with Crippen LogP contribution in [-0.4, -0.2) is 34.6 Å². The second-order valence-corrected chi connectivity index (χ2v) is 5.17. The van der Waals surface area contributed by atoms with Crippen molar-refractivity contribution in [1.82, 2.24) is 5.32 Å². The maximum Gasteiger partial charge on any atom is 0.293 e. The van der Waals surface area contributed by atoms with Crippen molar-refractivity contribution in [2.45, 2.75) is 38.3 Å². The highest BCUT2D eigenvalue weighted by Crippen LogP contribution is 2.27. The number of carbonyl (C=O) groups excluding carboxylic acids is 1. The largest absolute Gasteiger partial charge is 0.394 e. The van der Waals surface area contributed by atoms with Crippen LogP contribution in [0.15, 0.2) is 18.2 Å². The summed E-state index contributed by atoms with van der Waals surface area (Å²) in [4.78, 5) is 22.6. The first kappa shape index (κ1) is 15.2. The minimum absolute atomic E-state index is 0.114. The van der Waals surface area contributed by atoms with Crippen LogP contribution < -0.4 is 10.6 Å². The SMILES string of the molecule is CCC(CO)Nc1ccc(C(=O)NC2CC2)cc1[N+](=O)[O-]. The van der Waals surface area contributed by atoms with Crippen molar-refractivity contribution >= 4 is 17.3 Å². The number of carbonyl (C=O) groups is 1. The van der Waals surface area contributed by atoms with Crippen LogP contribution >= 0.6 is 0 Å². The Morgan fingerprint density at radius 1 is 1.52 bits per heavy atom. The first-order chi connectivity index (χ1) is 10.0. The van der Waals surface area contributed by atoms with Crippen LogP contribution in [0.3, 0.4) is 0 Å². The maximum atomic E-state index is 11.9. The van der Waals surface area contributed by atoms with Crippen LogP contribution in [0.2, 0.25) is 0 Å². The number of amides is 1. The predicted molar refractivity (Wildman–Crippen MR) is 78.4 cm³/mol. The van der Waals surface area contributed by atoms with Gasteiger partial charge in [0.05, 0.1) is 11.5 Å². The Hall–Kier alpha value is -2.15. The monoisotopic (exact) mass is 293 g/mol. The van der Waals surface area contributed by atoms with Crippen molar-refractivity contribution in [2.75, 3.05) is 11.9 Å². The number of benzene rings is 1. The summed E-state index contributed by atoms with van der Waals surface area (Å²) in [5, 5.41) is 26.1. The van der Waals surface area contributed by atoms with E-state index in [1.807, 2.05) is 6.92 Å². The van der Waals surface area contributed by atoms with Gasteiger partial charge >= 0.3 is 0 Å². The van der Waals surface area contributed by atoms with Gasteiger partial charge in [0.2, 0.25) is 0 Å². The van der Waals surface area contributed by atoms with E-state index in [9.17, 15) is 14.9 Å². The van der Waals surface area contributed by atoms with Crippen molar-refractivity contribution in [3.63, 3.8) is 0 Å². The van der Waals surface area contributed by atoms with Crippen molar-refractivity contribution < 1.29 is 14.8 Å². The number of nitrogens with one attached hydrogen (secondary N) is 2. The second-order valence-electron chi connectivity index (χ2n) is 5.17. The number of nitro benzene ring substituents is 1. The Morgan fingerprint density at radius 2 is 2.24 bits per heavy atom. The van der Waals surface area contributed by atoms with Crippen LogP contribution in [0.4, 0.5) is 11.4 Å². The second kappa shape index (κ2) is 6.53. The zero-order chi connectivity index (χ0) is 15.4. The van der Waals surface area contributed by atoms with Gasteiger partial charge in [-0.25, -0.2) is 0 Å². The minimum atomic E-state index is -0.527. The molecule has 0 heterocycles.